The predicted molar refractivity (Wildman–Crippen MR) is 66.8 cm³/mol. The van der Waals surface area contributed by atoms with E-state index in [-0.39, 0.29) is 12.4 Å². The van der Waals surface area contributed by atoms with Crippen molar-refractivity contribution in [3.05, 3.63) is 23.8 Å². The van der Waals surface area contributed by atoms with E-state index in [0.29, 0.717) is 6.04 Å². The first-order valence-corrected chi connectivity index (χ1v) is 5.31. The Labute approximate surface area is 103 Å². The zero-order valence-electron chi connectivity index (χ0n) is 9.66. The molecule has 1 aromatic rings. The molecule has 0 aromatic heterocycles. The molecular formula is C12H18ClNO2. The number of hydrogen-bond donors (Lipinski definition) is 1. The molecule has 0 radical (unpaired) electrons. The fourth-order valence-corrected chi connectivity index (χ4v) is 2.15. The first-order valence-electron chi connectivity index (χ1n) is 5.31. The van der Waals surface area contributed by atoms with Crippen LogP contribution < -0.4 is 14.8 Å². The van der Waals surface area contributed by atoms with Gasteiger partial charge in [-0.3, -0.25) is 0 Å². The van der Waals surface area contributed by atoms with Crippen molar-refractivity contribution in [2.24, 2.45) is 0 Å². The largest absolute Gasteiger partial charge is 0.496 e. The van der Waals surface area contributed by atoms with Crippen LogP contribution in [0.2, 0.25) is 0 Å². The zero-order chi connectivity index (χ0) is 10.7. The van der Waals surface area contributed by atoms with Gasteiger partial charge >= 0.3 is 0 Å². The van der Waals surface area contributed by atoms with E-state index in [9.17, 15) is 0 Å². The number of nitrogens with one attached hydrogen (secondary N) is 1. The molecule has 1 aliphatic rings. The van der Waals surface area contributed by atoms with E-state index >= 15 is 0 Å². The summed E-state index contributed by atoms with van der Waals surface area (Å²) in [6, 6.07) is 6.29. The van der Waals surface area contributed by atoms with Crippen LogP contribution in [0.5, 0.6) is 11.5 Å². The summed E-state index contributed by atoms with van der Waals surface area (Å²) in [5, 5.41) is 3.46. The van der Waals surface area contributed by atoms with E-state index in [4.69, 9.17) is 9.47 Å². The van der Waals surface area contributed by atoms with Gasteiger partial charge in [-0.1, -0.05) is 6.07 Å². The smallest absolute Gasteiger partial charge is 0.127 e. The lowest BCUT2D eigenvalue weighted by molar-refractivity contribution is 0.375. The minimum Gasteiger partial charge on any atom is -0.496 e. The van der Waals surface area contributed by atoms with Crippen LogP contribution in [0.15, 0.2) is 18.2 Å². The van der Waals surface area contributed by atoms with Crippen molar-refractivity contribution in [1.29, 1.82) is 0 Å². The molecule has 1 fully saturated rings. The van der Waals surface area contributed by atoms with Gasteiger partial charge in [-0.05, 0) is 31.5 Å². The summed E-state index contributed by atoms with van der Waals surface area (Å²) in [7, 11) is 3.40. The van der Waals surface area contributed by atoms with E-state index in [2.05, 4.69) is 5.32 Å². The Balaban J connectivity index is 0.00000128. The Hall–Kier alpha value is -0.930. The van der Waals surface area contributed by atoms with Gasteiger partial charge in [0.05, 0.1) is 19.8 Å². The van der Waals surface area contributed by atoms with Crippen LogP contribution in [0.4, 0.5) is 0 Å². The molecule has 1 heterocycles. The fourth-order valence-electron chi connectivity index (χ4n) is 2.15. The average molecular weight is 244 g/mol. The summed E-state index contributed by atoms with van der Waals surface area (Å²) in [5.41, 5.74) is 1.15. The van der Waals surface area contributed by atoms with Crippen LogP contribution in [0.25, 0.3) is 0 Å². The summed E-state index contributed by atoms with van der Waals surface area (Å²) < 4.78 is 10.8. The number of benzene rings is 1. The molecule has 90 valence electrons. The van der Waals surface area contributed by atoms with Crippen molar-refractivity contribution in [3.63, 3.8) is 0 Å². The van der Waals surface area contributed by atoms with Gasteiger partial charge in [-0.25, -0.2) is 0 Å². The number of methoxy groups -OCH3 is 2. The van der Waals surface area contributed by atoms with Gasteiger partial charge in [0.2, 0.25) is 0 Å². The molecule has 0 spiro atoms. The normalized spacial score (nSPS) is 19.0. The SMILES string of the molecule is COc1cccc(OC)c1C1CCCN1.Cl. The molecule has 1 atom stereocenters. The van der Waals surface area contributed by atoms with Crippen LogP contribution in [0.1, 0.15) is 24.4 Å². The number of rotatable bonds is 3. The van der Waals surface area contributed by atoms with Gasteiger partial charge in [-0.15, -0.1) is 12.4 Å². The second-order valence-corrected chi connectivity index (χ2v) is 3.73. The maximum atomic E-state index is 5.38. The summed E-state index contributed by atoms with van der Waals surface area (Å²) in [6.07, 6.45) is 2.36. The van der Waals surface area contributed by atoms with Crippen molar-refractivity contribution in [2.75, 3.05) is 20.8 Å². The Bertz CT molecular complexity index is 316. The third-order valence-electron chi connectivity index (χ3n) is 2.87. The van der Waals surface area contributed by atoms with Crippen molar-refractivity contribution in [3.8, 4) is 11.5 Å². The quantitative estimate of drug-likeness (QED) is 0.885. The molecule has 1 aliphatic heterocycles. The van der Waals surface area contributed by atoms with Crippen molar-refractivity contribution in [2.45, 2.75) is 18.9 Å². The lowest BCUT2D eigenvalue weighted by atomic mass is 10.0. The van der Waals surface area contributed by atoms with E-state index in [0.717, 1.165) is 30.0 Å². The van der Waals surface area contributed by atoms with Gasteiger partial charge in [0.25, 0.3) is 0 Å². The highest BCUT2D eigenvalue weighted by atomic mass is 35.5. The third-order valence-corrected chi connectivity index (χ3v) is 2.87. The maximum Gasteiger partial charge on any atom is 0.127 e. The van der Waals surface area contributed by atoms with E-state index < -0.39 is 0 Å². The molecular weight excluding hydrogens is 226 g/mol. The molecule has 0 aliphatic carbocycles. The van der Waals surface area contributed by atoms with E-state index in [1.54, 1.807) is 14.2 Å². The number of ether oxygens (including phenoxy) is 2. The summed E-state index contributed by atoms with van der Waals surface area (Å²) >= 11 is 0. The Kier molecular flexibility index (Phi) is 4.90. The highest BCUT2D eigenvalue weighted by Gasteiger charge is 2.23. The van der Waals surface area contributed by atoms with Gasteiger partial charge < -0.3 is 14.8 Å². The minimum atomic E-state index is 0. The van der Waals surface area contributed by atoms with Crippen molar-refractivity contribution < 1.29 is 9.47 Å². The van der Waals surface area contributed by atoms with Crippen LogP contribution in [-0.4, -0.2) is 20.8 Å². The standard InChI is InChI=1S/C12H17NO2.ClH/c1-14-10-6-3-7-11(15-2)12(10)9-5-4-8-13-9;/h3,6-7,9,13H,4-5,8H2,1-2H3;1H. The third kappa shape index (κ3) is 2.42. The second kappa shape index (κ2) is 5.97. The molecule has 1 saturated heterocycles. The molecule has 0 bridgehead atoms. The summed E-state index contributed by atoms with van der Waals surface area (Å²) in [5.74, 6) is 1.82. The monoisotopic (exact) mass is 243 g/mol. The highest BCUT2D eigenvalue weighted by Crippen LogP contribution is 2.37. The Morgan fingerprint density at radius 2 is 1.81 bits per heavy atom. The summed E-state index contributed by atoms with van der Waals surface area (Å²) in [6.45, 7) is 1.08. The van der Waals surface area contributed by atoms with E-state index in [1.807, 2.05) is 18.2 Å². The first-order chi connectivity index (χ1) is 7.36. The molecule has 16 heavy (non-hydrogen) atoms. The predicted octanol–water partition coefficient (Wildman–Crippen LogP) is 2.55. The van der Waals surface area contributed by atoms with Crippen LogP contribution in [-0.2, 0) is 0 Å². The van der Waals surface area contributed by atoms with Crippen LogP contribution in [0.3, 0.4) is 0 Å². The number of hydrogen-bond acceptors (Lipinski definition) is 3. The lowest BCUT2D eigenvalue weighted by Crippen LogP contribution is -2.14. The van der Waals surface area contributed by atoms with Gasteiger partial charge in [0.1, 0.15) is 11.5 Å². The lowest BCUT2D eigenvalue weighted by Gasteiger charge is -2.18. The van der Waals surface area contributed by atoms with Gasteiger partial charge in [0, 0.05) is 6.04 Å². The maximum absolute atomic E-state index is 5.38. The molecule has 4 heteroatoms. The Morgan fingerprint density at radius 3 is 2.25 bits per heavy atom. The van der Waals surface area contributed by atoms with E-state index in [1.165, 1.54) is 6.42 Å². The van der Waals surface area contributed by atoms with Crippen molar-refractivity contribution in [1.82, 2.24) is 5.32 Å². The molecule has 3 nitrogen and oxygen atoms in total. The van der Waals surface area contributed by atoms with Crippen LogP contribution >= 0.6 is 12.4 Å². The minimum absolute atomic E-state index is 0. The highest BCUT2D eigenvalue weighted by molar-refractivity contribution is 5.85. The molecule has 1 aromatic carbocycles. The fraction of sp³-hybridized carbons (Fsp3) is 0.500. The molecule has 1 unspecified atom stereocenters. The Morgan fingerprint density at radius 1 is 1.19 bits per heavy atom. The number of halogens is 1. The first kappa shape index (κ1) is 13.1. The van der Waals surface area contributed by atoms with Gasteiger partial charge in [0.15, 0.2) is 0 Å². The molecule has 0 saturated carbocycles. The second-order valence-electron chi connectivity index (χ2n) is 3.73. The molecule has 2 rings (SSSR count). The zero-order valence-corrected chi connectivity index (χ0v) is 10.5. The molecule has 0 amide bonds. The topological polar surface area (TPSA) is 30.5 Å². The summed E-state index contributed by atoms with van der Waals surface area (Å²) in [4.78, 5) is 0. The molecule has 1 N–H and O–H groups in total. The van der Waals surface area contributed by atoms with Crippen molar-refractivity contribution >= 4 is 12.4 Å². The van der Waals surface area contributed by atoms with Crippen LogP contribution in [0, 0.1) is 0 Å². The van der Waals surface area contributed by atoms with Gasteiger partial charge in [-0.2, -0.15) is 0 Å². The average Bonchev–Trinajstić information content (AvgIpc) is 2.81.